The predicted octanol–water partition coefficient (Wildman–Crippen LogP) is 5.25. The molecule has 0 saturated carbocycles. The van der Waals surface area contributed by atoms with Crippen LogP contribution in [0.25, 0.3) is 0 Å². The van der Waals surface area contributed by atoms with Crippen molar-refractivity contribution < 1.29 is 45.8 Å². The molecule has 0 saturated heterocycles. The molecule has 37 heavy (non-hydrogen) atoms. The van der Waals surface area contributed by atoms with E-state index in [-0.39, 0.29) is 29.0 Å². The SMILES string of the molecule is COc1cc([C@H](C)NC(=O)c2c(Cc3ccc(C(F)(F)F)cc3)nn(C)c2C(F)(F)F)ccc1C(=O)O. The molecule has 0 unspecified atom stereocenters. The number of nitrogens with one attached hydrogen (secondary N) is 1. The maximum atomic E-state index is 13.8. The number of carboxylic acids is 1. The summed E-state index contributed by atoms with van der Waals surface area (Å²) in [5.74, 6) is -2.37. The molecule has 0 bridgehead atoms. The lowest BCUT2D eigenvalue weighted by Gasteiger charge is -2.17. The van der Waals surface area contributed by atoms with Crippen molar-refractivity contribution in [2.75, 3.05) is 7.11 Å². The fourth-order valence-corrected chi connectivity index (χ4v) is 3.78. The molecular weight excluding hydrogens is 508 g/mol. The quantitative estimate of drug-likeness (QED) is 0.408. The van der Waals surface area contributed by atoms with E-state index in [0.29, 0.717) is 10.2 Å². The normalized spacial score (nSPS) is 12.8. The lowest BCUT2D eigenvalue weighted by atomic mass is 10.0. The zero-order valence-corrected chi connectivity index (χ0v) is 19.7. The molecule has 1 heterocycles. The number of carbonyl (C=O) groups excluding carboxylic acids is 1. The number of benzene rings is 2. The highest BCUT2D eigenvalue weighted by molar-refractivity contribution is 5.97. The summed E-state index contributed by atoms with van der Waals surface area (Å²) in [6.45, 7) is 1.48. The lowest BCUT2D eigenvalue weighted by Crippen LogP contribution is -2.30. The molecule has 2 aromatic carbocycles. The van der Waals surface area contributed by atoms with Gasteiger partial charge in [-0.15, -0.1) is 0 Å². The monoisotopic (exact) mass is 529 g/mol. The van der Waals surface area contributed by atoms with Crippen molar-refractivity contribution in [1.82, 2.24) is 15.1 Å². The van der Waals surface area contributed by atoms with Crippen molar-refractivity contribution in [1.29, 1.82) is 0 Å². The number of aromatic nitrogens is 2. The summed E-state index contributed by atoms with van der Waals surface area (Å²) in [5, 5.41) is 15.5. The molecule has 0 radical (unpaired) electrons. The van der Waals surface area contributed by atoms with Crippen molar-refractivity contribution in [2.45, 2.75) is 31.7 Å². The topological polar surface area (TPSA) is 93.5 Å². The van der Waals surface area contributed by atoms with Crippen LogP contribution < -0.4 is 10.1 Å². The van der Waals surface area contributed by atoms with Crippen LogP contribution >= 0.6 is 0 Å². The maximum absolute atomic E-state index is 13.8. The second-order valence-corrected chi connectivity index (χ2v) is 8.12. The number of rotatable bonds is 7. The summed E-state index contributed by atoms with van der Waals surface area (Å²) in [7, 11) is 2.25. The number of aromatic carboxylic acids is 1. The minimum Gasteiger partial charge on any atom is -0.496 e. The van der Waals surface area contributed by atoms with Gasteiger partial charge in [-0.2, -0.15) is 31.4 Å². The zero-order chi connectivity index (χ0) is 27.7. The van der Waals surface area contributed by atoms with Gasteiger partial charge < -0.3 is 15.2 Å². The molecule has 13 heteroatoms. The molecule has 1 atom stereocenters. The Balaban J connectivity index is 1.96. The molecule has 1 amide bonds. The van der Waals surface area contributed by atoms with Gasteiger partial charge in [-0.3, -0.25) is 9.48 Å². The number of alkyl halides is 6. The number of nitrogens with zero attached hydrogens (tertiary/aromatic N) is 2. The third-order valence-corrected chi connectivity index (χ3v) is 5.57. The van der Waals surface area contributed by atoms with Crippen LogP contribution in [-0.4, -0.2) is 33.9 Å². The Hall–Kier alpha value is -4.03. The third kappa shape index (κ3) is 6.04. The number of carboxylic acid groups (broad SMARTS) is 1. The molecule has 0 aliphatic heterocycles. The minimum atomic E-state index is -4.96. The first-order valence-electron chi connectivity index (χ1n) is 10.6. The summed E-state index contributed by atoms with van der Waals surface area (Å²) < 4.78 is 85.6. The Labute approximate surface area is 206 Å². The van der Waals surface area contributed by atoms with E-state index in [1.165, 1.54) is 32.2 Å². The first kappa shape index (κ1) is 27.6. The molecule has 0 fully saturated rings. The summed E-state index contributed by atoms with van der Waals surface area (Å²) in [6, 6.07) is 6.87. The number of carbonyl (C=O) groups is 2. The Morgan fingerprint density at radius 3 is 2.19 bits per heavy atom. The van der Waals surface area contributed by atoms with Crippen LogP contribution in [0.2, 0.25) is 0 Å². The van der Waals surface area contributed by atoms with Crippen molar-refractivity contribution in [3.63, 3.8) is 0 Å². The standard InChI is InChI=1S/C24H21F6N3O4/c1-12(14-6-9-16(22(35)36)18(11-14)37-3)31-21(34)19-17(32-33(2)20(19)24(28,29)30)10-13-4-7-15(8-5-13)23(25,26)27/h4-9,11-12H,10H2,1-3H3,(H,31,34)(H,35,36)/t12-/m0/s1. The van der Waals surface area contributed by atoms with Gasteiger partial charge in [0.1, 0.15) is 11.3 Å². The number of methoxy groups -OCH3 is 1. The smallest absolute Gasteiger partial charge is 0.433 e. The lowest BCUT2D eigenvalue weighted by molar-refractivity contribution is -0.144. The second-order valence-electron chi connectivity index (χ2n) is 8.12. The molecule has 0 aliphatic carbocycles. The molecule has 7 nitrogen and oxygen atoms in total. The van der Waals surface area contributed by atoms with Crippen LogP contribution in [0.5, 0.6) is 5.75 Å². The van der Waals surface area contributed by atoms with E-state index in [1.54, 1.807) is 0 Å². The molecular formula is C24H21F6N3O4. The number of hydrogen-bond acceptors (Lipinski definition) is 4. The Morgan fingerprint density at radius 1 is 1.05 bits per heavy atom. The Morgan fingerprint density at radius 2 is 1.68 bits per heavy atom. The summed E-state index contributed by atoms with van der Waals surface area (Å²) in [4.78, 5) is 24.4. The number of amides is 1. The van der Waals surface area contributed by atoms with Crippen LogP contribution in [0.15, 0.2) is 42.5 Å². The Bertz CT molecular complexity index is 1310. The van der Waals surface area contributed by atoms with E-state index in [0.717, 1.165) is 31.3 Å². The van der Waals surface area contributed by atoms with Gasteiger partial charge in [0.25, 0.3) is 5.91 Å². The van der Waals surface area contributed by atoms with Gasteiger partial charge >= 0.3 is 18.3 Å². The fourth-order valence-electron chi connectivity index (χ4n) is 3.78. The van der Waals surface area contributed by atoms with E-state index < -0.39 is 47.1 Å². The predicted molar refractivity (Wildman–Crippen MR) is 118 cm³/mol. The highest BCUT2D eigenvalue weighted by Gasteiger charge is 2.41. The van der Waals surface area contributed by atoms with Gasteiger partial charge in [-0.25, -0.2) is 4.79 Å². The van der Waals surface area contributed by atoms with Crippen LogP contribution in [0, 0.1) is 0 Å². The summed E-state index contributed by atoms with van der Waals surface area (Å²) in [6.07, 6.45) is -9.87. The van der Waals surface area contributed by atoms with E-state index in [9.17, 15) is 41.0 Å². The van der Waals surface area contributed by atoms with E-state index >= 15 is 0 Å². The number of ether oxygens (including phenoxy) is 1. The number of aryl methyl sites for hydroxylation is 1. The van der Waals surface area contributed by atoms with E-state index in [1.807, 2.05) is 0 Å². The third-order valence-electron chi connectivity index (χ3n) is 5.57. The first-order valence-corrected chi connectivity index (χ1v) is 10.6. The van der Waals surface area contributed by atoms with Gasteiger partial charge in [-0.05, 0) is 42.3 Å². The average Bonchev–Trinajstić information content (AvgIpc) is 3.14. The van der Waals surface area contributed by atoms with Gasteiger partial charge in [0.05, 0.1) is 30.0 Å². The van der Waals surface area contributed by atoms with Crippen LogP contribution in [0.3, 0.4) is 0 Å². The van der Waals surface area contributed by atoms with Gasteiger partial charge in [0.15, 0.2) is 5.69 Å². The first-order chi connectivity index (χ1) is 17.1. The van der Waals surface area contributed by atoms with Crippen molar-refractivity contribution in [3.8, 4) is 5.75 Å². The highest BCUT2D eigenvalue weighted by Crippen LogP contribution is 2.35. The Kier molecular flexibility index (Phi) is 7.56. The molecule has 0 spiro atoms. The minimum absolute atomic E-state index is 0.00792. The number of hydrogen-bond donors (Lipinski definition) is 2. The second kappa shape index (κ2) is 10.1. The highest BCUT2D eigenvalue weighted by atomic mass is 19.4. The van der Waals surface area contributed by atoms with E-state index in [4.69, 9.17) is 4.74 Å². The van der Waals surface area contributed by atoms with Crippen LogP contribution in [0.1, 0.15) is 61.8 Å². The molecule has 2 N–H and O–H groups in total. The maximum Gasteiger partial charge on any atom is 0.433 e. The molecule has 1 aromatic heterocycles. The zero-order valence-electron chi connectivity index (χ0n) is 19.7. The van der Waals surface area contributed by atoms with Crippen LogP contribution in [-0.2, 0) is 25.8 Å². The molecule has 0 aliphatic rings. The molecule has 198 valence electrons. The van der Waals surface area contributed by atoms with Crippen molar-refractivity contribution in [3.05, 3.63) is 81.7 Å². The van der Waals surface area contributed by atoms with Crippen molar-refractivity contribution >= 4 is 11.9 Å². The van der Waals surface area contributed by atoms with Gasteiger partial charge in [0.2, 0.25) is 0 Å². The van der Waals surface area contributed by atoms with Crippen LogP contribution in [0.4, 0.5) is 26.3 Å². The largest absolute Gasteiger partial charge is 0.496 e. The molecule has 3 aromatic rings. The average molecular weight is 529 g/mol. The summed E-state index contributed by atoms with van der Waals surface area (Å²) in [5.41, 5.74) is -2.86. The fraction of sp³-hybridized carbons (Fsp3) is 0.292. The van der Waals surface area contributed by atoms with E-state index in [2.05, 4.69) is 10.4 Å². The summed E-state index contributed by atoms with van der Waals surface area (Å²) >= 11 is 0. The van der Waals surface area contributed by atoms with Gasteiger partial charge in [-0.1, -0.05) is 18.2 Å². The van der Waals surface area contributed by atoms with Crippen molar-refractivity contribution in [2.24, 2.45) is 7.05 Å². The van der Waals surface area contributed by atoms with Gasteiger partial charge in [0, 0.05) is 13.5 Å². The number of halogens is 6. The molecule has 3 rings (SSSR count).